The van der Waals surface area contributed by atoms with Gasteiger partial charge in [0.05, 0.1) is 11.4 Å². The number of nitrogens with one attached hydrogen (secondary N) is 1. The lowest BCUT2D eigenvalue weighted by molar-refractivity contribution is 0.0779. The van der Waals surface area contributed by atoms with E-state index in [4.69, 9.17) is 5.10 Å². The van der Waals surface area contributed by atoms with Gasteiger partial charge in [0.2, 0.25) is 0 Å². The largest absolute Gasteiger partial charge is 0.336 e. The highest BCUT2D eigenvalue weighted by Crippen LogP contribution is 2.39. The standard InChI is InChI=1S/C24H23N5O/c1-28(24(30)22-14-21(25-26-22)17-12-13-17)15-19-16-29(20-10-6-3-7-11-20)27-23(19)18-8-4-2-5-9-18/h2-11,14,16-17H,12-13,15H2,1H3,(H,25,26). The van der Waals surface area contributed by atoms with Crippen LogP contribution in [0.1, 0.15) is 40.5 Å². The number of carbonyl (C=O) groups is 1. The Morgan fingerprint density at radius 3 is 2.50 bits per heavy atom. The van der Waals surface area contributed by atoms with E-state index < -0.39 is 0 Å². The topological polar surface area (TPSA) is 66.8 Å². The predicted molar refractivity (Wildman–Crippen MR) is 115 cm³/mol. The normalized spacial score (nSPS) is 13.4. The molecular weight excluding hydrogens is 374 g/mol. The maximum absolute atomic E-state index is 12.9. The van der Waals surface area contributed by atoms with E-state index in [1.165, 1.54) is 12.8 Å². The van der Waals surface area contributed by atoms with Crippen LogP contribution in [0.4, 0.5) is 0 Å². The SMILES string of the molecule is CN(Cc1cn(-c2ccccc2)nc1-c1ccccc1)C(=O)c1cc(C2CC2)[nH]n1. The molecule has 6 nitrogen and oxygen atoms in total. The van der Waals surface area contributed by atoms with E-state index >= 15 is 0 Å². The number of aromatic nitrogens is 4. The van der Waals surface area contributed by atoms with Crippen molar-refractivity contribution in [2.24, 2.45) is 0 Å². The first-order chi connectivity index (χ1) is 14.7. The molecule has 0 bridgehead atoms. The molecule has 0 aliphatic heterocycles. The fourth-order valence-electron chi connectivity index (χ4n) is 3.65. The molecule has 0 saturated heterocycles. The van der Waals surface area contributed by atoms with Gasteiger partial charge in [-0.15, -0.1) is 0 Å². The van der Waals surface area contributed by atoms with Crippen molar-refractivity contribution in [1.29, 1.82) is 0 Å². The molecular formula is C24H23N5O. The maximum atomic E-state index is 12.9. The maximum Gasteiger partial charge on any atom is 0.274 e. The number of hydrogen-bond acceptors (Lipinski definition) is 3. The van der Waals surface area contributed by atoms with Crippen molar-refractivity contribution in [3.05, 3.63) is 89.9 Å². The molecule has 2 heterocycles. The van der Waals surface area contributed by atoms with Crippen LogP contribution in [-0.2, 0) is 6.54 Å². The summed E-state index contributed by atoms with van der Waals surface area (Å²) in [5.74, 6) is 0.447. The number of carbonyl (C=O) groups excluding carboxylic acids is 1. The molecule has 2 aromatic heterocycles. The zero-order valence-corrected chi connectivity index (χ0v) is 16.8. The zero-order chi connectivity index (χ0) is 20.5. The van der Waals surface area contributed by atoms with Crippen molar-refractivity contribution in [3.8, 4) is 16.9 Å². The van der Waals surface area contributed by atoms with Crippen molar-refractivity contribution < 1.29 is 4.79 Å². The average Bonchev–Trinajstić information content (AvgIpc) is 3.37. The quantitative estimate of drug-likeness (QED) is 0.524. The van der Waals surface area contributed by atoms with Crippen molar-refractivity contribution in [1.82, 2.24) is 24.9 Å². The van der Waals surface area contributed by atoms with Crippen molar-refractivity contribution in [2.75, 3.05) is 7.05 Å². The third kappa shape index (κ3) is 3.64. The van der Waals surface area contributed by atoms with E-state index in [0.29, 0.717) is 18.2 Å². The van der Waals surface area contributed by atoms with Gasteiger partial charge in [-0.3, -0.25) is 9.89 Å². The van der Waals surface area contributed by atoms with Crippen molar-refractivity contribution >= 4 is 5.91 Å². The third-order valence-electron chi connectivity index (χ3n) is 5.45. The molecule has 1 N–H and O–H groups in total. The smallest absolute Gasteiger partial charge is 0.274 e. The minimum atomic E-state index is -0.0929. The summed E-state index contributed by atoms with van der Waals surface area (Å²) >= 11 is 0. The molecule has 5 rings (SSSR count). The molecule has 0 atom stereocenters. The van der Waals surface area contributed by atoms with Crippen LogP contribution in [0.15, 0.2) is 72.9 Å². The van der Waals surface area contributed by atoms with Gasteiger partial charge < -0.3 is 4.90 Å². The molecule has 1 saturated carbocycles. The lowest BCUT2D eigenvalue weighted by Gasteiger charge is -2.15. The van der Waals surface area contributed by atoms with Crippen LogP contribution in [-0.4, -0.2) is 37.8 Å². The number of benzene rings is 2. The van der Waals surface area contributed by atoms with Crippen molar-refractivity contribution in [3.63, 3.8) is 0 Å². The van der Waals surface area contributed by atoms with Gasteiger partial charge in [-0.25, -0.2) is 4.68 Å². The molecule has 0 unspecified atom stereocenters. The number of amides is 1. The Hall–Kier alpha value is -3.67. The van der Waals surface area contributed by atoms with Crippen LogP contribution in [0.5, 0.6) is 0 Å². The van der Waals surface area contributed by atoms with E-state index in [1.54, 1.807) is 4.90 Å². The Kier molecular flexibility index (Phi) is 4.67. The Morgan fingerprint density at radius 2 is 1.80 bits per heavy atom. The van der Waals surface area contributed by atoms with Gasteiger partial charge in [-0.1, -0.05) is 48.5 Å². The Labute approximate surface area is 175 Å². The van der Waals surface area contributed by atoms with Crippen LogP contribution in [0, 0.1) is 0 Å². The summed E-state index contributed by atoms with van der Waals surface area (Å²) in [7, 11) is 1.81. The molecule has 6 heteroatoms. The van der Waals surface area contributed by atoms with E-state index in [1.807, 2.05) is 84.7 Å². The second-order valence-corrected chi connectivity index (χ2v) is 7.79. The molecule has 1 aliphatic carbocycles. The number of para-hydroxylation sites is 1. The highest BCUT2D eigenvalue weighted by Gasteiger charge is 2.27. The minimum Gasteiger partial charge on any atom is -0.336 e. The average molecular weight is 397 g/mol. The van der Waals surface area contributed by atoms with E-state index in [0.717, 1.165) is 28.2 Å². The molecule has 2 aromatic carbocycles. The van der Waals surface area contributed by atoms with Gasteiger partial charge in [0.1, 0.15) is 5.69 Å². The second-order valence-electron chi connectivity index (χ2n) is 7.79. The van der Waals surface area contributed by atoms with Crippen LogP contribution in [0.2, 0.25) is 0 Å². The first kappa shape index (κ1) is 18.4. The predicted octanol–water partition coefficient (Wildman–Crippen LogP) is 4.41. The summed E-state index contributed by atoms with van der Waals surface area (Å²) in [6.07, 6.45) is 4.34. The van der Waals surface area contributed by atoms with Gasteiger partial charge in [0, 0.05) is 42.5 Å². The fourth-order valence-corrected chi connectivity index (χ4v) is 3.65. The summed E-state index contributed by atoms with van der Waals surface area (Å²) in [5, 5.41) is 12.1. The first-order valence-electron chi connectivity index (χ1n) is 10.2. The highest BCUT2D eigenvalue weighted by molar-refractivity contribution is 5.92. The van der Waals surface area contributed by atoms with E-state index in [9.17, 15) is 4.79 Å². The van der Waals surface area contributed by atoms with Crippen molar-refractivity contribution in [2.45, 2.75) is 25.3 Å². The van der Waals surface area contributed by atoms with E-state index in [-0.39, 0.29) is 5.91 Å². The summed E-state index contributed by atoms with van der Waals surface area (Å²) in [4.78, 5) is 14.6. The van der Waals surface area contributed by atoms with Crippen LogP contribution < -0.4 is 0 Å². The van der Waals surface area contributed by atoms with Gasteiger partial charge in [0.15, 0.2) is 0 Å². The number of aromatic amines is 1. The Morgan fingerprint density at radius 1 is 1.10 bits per heavy atom. The molecule has 0 radical (unpaired) electrons. The Balaban J connectivity index is 1.44. The number of hydrogen-bond donors (Lipinski definition) is 1. The molecule has 4 aromatic rings. The van der Waals surface area contributed by atoms with Gasteiger partial charge in [-0.2, -0.15) is 10.2 Å². The van der Waals surface area contributed by atoms with Gasteiger partial charge in [-0.05, 0) is 31.0 Å². The van der Waals surface area contributed by atoms with Crippen LogP contribution in [0.25, 0.3) is 16.9 Å². The highest BCUT2D eigenvalue weighted by atomic mass is 16.2. The first-order valence-corrected chi connectivity index (χ1v) is 10.2. The molecule has 150 valence electrons. The Bertz CT molecular complexity index is 1160. The number of nitrogens with zero attached hydrogens (tertiary/aromatic N) is 4. The molecule has 1 aliphatic rings. The number of rotatable bonds is 6. The molecule has 1 amide bonds. The lowest BCUT2D eigenvalue weighted by Crippen LogP contribution is -2.26. The molecule has 30 heavy (non-hydrogen) atoms. The van der Waals surface area contributed by atoms with Crippen LogP contribution in [0.3, 0.4) is 0 Å². The molecule has 1 fully saturated rings. The summed E-state index contributed by atoms with van der Waals surface area (Å²) in [6, 6.07) is 22.0. The zero-order valence-electron chi connectivity index (χ0n) is 16.8. The minimum absolute atomic E-state index is 0.0929. The summed E-state index contributed by atoms with van der Waals surface area (Å²) in [6.45, 7) is 0.446. The van der Waals surface area contributed by atoms with Crippen LogP contribution >= 0.6 is 0 Å². The van der Waals surface area contributed by atoms with Gasteiger partial charge >= 0.3 is 0 Å². The van der Waals surface area contributed by atoms with E-state index in [2.05, 4.69) is 10.2 Å². The van der Waals surface area contributed by atoms with Gasteiger partial charge in [0.25, 0.3) is 5.91 Å². The monoisotopic (exact) mass is 397 g/mol. The number of H-pyrrole nitrogens is 1. The fraction of sp³-hybridized carbons (Fsp3) is 0.208. The lowest BCUT2D eigenvalue weighted by atomic mass is 10.1. The molecule has 0 spiro atoms. The summed E-state index contributed by atoms with van der Waals surface area (Å²) < 4.78 is 1.87. The second kappa shape index (κ2) is 7.63. The third-order valence-corrected chi connectivity index (χ3v) is 5.45. The summed E-state index contributed by atoms with van der Waals surface area (Å²) in [5.41, 5.74) is 5.40.